The molecule has 10 heteroatoms. The molecule has 0 saturated heterocycles. The van der Waals surface area contributed by atoms with E-state index in [1.165, 1.54) is 11.8 Å². The van der Waals surface area contributed by atoms with Crippen LogP contribution >= 0.6 is 0 Å². The highest BCUT2D eigenvalue weighted by Gasteiger charge is 2.34. The number of rotatable bonds is 7. The fourth-order valence-electron chi connectivity index (χ4n) is 2.96. The quantitative estimate of drug-likeness (QED) is 0.446. The van der Waals surface area contributed by atoms with Crippen LogP contribution in [0.25, 0.3) is 0 Å². The molecule has 0 bridgehead atoms. The molecule has 0 spiro atoms. The molecular weight excluding hydrogens is 380 g/mol. The second-order valence-corrected chi connectivity index (χ2v) is 7.03. The van der Waals surface area contributed by atoms with Crippen LogP contribution in [0.3, 0.4) is 0 Å². The number of hydrogen-bond acceptors (Lipinski definition) is 5. The number of fused-ring (bicyclic) bond motifs is 1. The van der Waals surface area contributed by atoms with Gasteiger partial charge in [-0.15, -0.1) is 0 Å². The summed E-state index contributed by atoms with van der Waals surface area (Å²) < 4.78 is 0. The predicted octanol–water partition coefficient (Wildman–Crippen LogP) is 0.520. The molecule has 0 aliphatic carbocycles. The van der Waals surface area contributed by atoms with Gasteiger partial charge in [0.1, 0.15) is 12.6 Å². The fourth-order valence-corrected chi connectivity index (χ4v) is 2.96. The van der Waals surface area contributed by atoms with Crippen molar-refractivity contribution >= 4 is 35.2 Å². The van der Waals surface area contributed by atoms with E-state index in [2.05, 4.69) is 16.0 Å². The van der Waals surface area contributed by atoms with Crippen molar-refractivity contribution in [1.29, 1.82) is 0 Å². The molecule has 158 valence electrons. The zero-order valence-corrected chi connectivity index (χ0v) is 16.5. The van der Waals surface area contributed by atoms with Crippen LogP contribution in [0.4, 0.5) is 16.2 Å². The first-order valence-corrected chi connectivity index (χ1v) is 9.33. The zero-order chi connectivity index (χ0) is 21.7. The van der Waals surface area contributed by atoms with E-state index < -0.39 is 36.1 Å². The second-order valence-electron chi connectivity index (χ2n) is 7.03. The van der Waals surface area contributed by atoms with Gasteiger partial charge in [-0.05, 0) is 25.0 Å². The van der Waals surface area contributed by atoms with Gasteiger partial charge < -0.3 is 26.2 Å². The topological polar surface area (TPSA) is 148 Å². The Bertz CT molecular complexity index is 797. The van der Waals surface area contributed by atoms with E-state index in [1.807, 2.05) is 6.92 Å². The molecule has 2 rings (SSSR count). The Balaban J connectivity index is 2.22. The lowest BCUT2D eigenvalue weighted by molar-refractivity contribution is -0.145. The Hall–Kier alpha value is -3.14. The van der Waals surface area contributed by atoms with E-state index in [0.29, 0.717) is 17.8 Å². The molecule has 1 aliphatic rings. The number of para-hydroxylation sites is 2. The number of aliphatic hydroxyl groups is 1. The predicted molar refractivity (Wildman–Crippen MR) is 105 cm³/mol. The summed E-state index contributed by atoms with van der Waals surface area (Å²) in [5.41, 5.74) is 0.962. The van der Waals surface area contributed by atoms with Gasteiger partial charge in [0.15, 0.2) is 6.04 Å². The maximum Gasteiger partial charge on any atom is 0.328 e. The van der Waals surface area contributed by atoms with Crippen molar-refractivity contribution in [2.24, 2.45) is 5.92 Å². The minimum absolute atomic E-state index is 0.219. The number of nitrogens with zero attached hydrogens (tertiary/aromatic N) is 1. The molecule has 29 heavy (non-hydrogen) atoms. The summed E-state index contributed by atoms with van der Waals surface area (Å²) in [6.45, 7) is 4.59. The number of benzene rings is 1. The number of aliphatic carboxylic acids is 1. The van der Waals surface area contributed by atoms with Crippen LogP contribution in [0.1, 0.15) is 27.2 Å². The monoisotopic (exact) mass is 406 g/mol. The molecule has 0 aromatic heterocycles. The Kier molecular flexibility index (Phi) is 7.16. The fraction of sp³-hybridized carbons (Fsp3) is 0.474. The lowest BCUT2D eigenvalue weighted by Gasteiger charge is -2.32. The lowest BCUT2D eigenvalue weighted by Crippen LogP contribution is -2.59. The van der Waals surface area contributed by atoms with E-state index in [9.17, 15) is 29.4 Å². The highest BCUT2D eigenvalue weighted by atomic mass is 16.4. The molecule has 0 saturated carbocycles. The molecular formula is C19H26N4O6. The van der Waals surface area contributed by atoms with Crippen molar-refractivity contribution in [3.05, 3.63) is 24.3 Å². The Labute approximate surface area is 168 Å². The van der Waals surface area contributed by atoms with Gasteiger partial charge in [0.2, 0.25) is 11.8 Å². The molecule has 1 aromatic carbocycles. The van der Waals surface area contributed by atoms with E-state index in [-0.39, 0.29) is 18.4 Å². The van der Waals surface area contributed by atoms with Gasteiger partial charge in [0.25, 0.3) is 0 Å². The van der Waals surface area contributed by atoms with Crippen LogP contribution in [-0.4, -0.2) is 58.8 Å². The third kappa shape index (κ3) is 5.23. The Morgan fingerprint density at radius 3 is 2.41 bits per heavy atom. The maximum absolute atomic E-state index is 12.9. The van der Waals surface area contributed by atoms with Crippen molar-refractivity contribution in [3.8, 4) is 0 Å². The smallest absolute Gasteiger partial charge is 0.328 e. The van der Waals surface area contributed by atoms with Gasteiger partial charge in [-0.1, -0.05) is 32.4 Å². The van der Waals surface area contributed by atoms with Crippen LogP contribution in [-0.2, 0) is 14.4 Å². The Morgan fingerprint density at radius 2 is 1.83 bits per heavy atom. The zero-order valence-electron chi connectivity index (χ0n) is 16.5. The summed E-state index contributed by atoms with van der Waals surface area (Å²) in [6.07, 6.45) is -0.788. The number of nitrogens with one attached hydrogen (secondary N) is 3. The van der Waals surface area contributed by atoms with Crippen molar-refractivity contribution in [3.63, 3.8) is 0 Å². The van der Waals surface area contributed by atoms with E-state index in [0.717, 1.165) is 0 Å². The molecule has 1 aliphatic heterocycles. The standard InChI is InChI=1S/C19H26N4O6/c1-4-10(2)15(17(26)21-16(11(3)24)18(27)28)22-19(29)23-9-14(25)20-12-7-5-6-8-13(12)23/h5-8,10-11,15-16,24H,4,9H2,1-3H3,(H,20,25)(H,21,26)(H,22,29)(H,27,28)/t10-,11+,15+,16+/m1/s1. The van der Waals surface area contributed by atoms with Crippen molar-refractivity contribution in [1.82, 2.24) is 10.6 Å². The third-order valence-electron chi connectivity index (χ3n) is 4.84. The molecule has 0 radical (unpaired) electrons. The largest absolute Gasteiger partial charge is 0.480 e. The number of aliphatic hydroxyl groups excluding tert-OH is 1. The van der Waals surface area contributed by atoms with Gasteiger partial charge >= 0.3 is 12.0 Å². The first-order valence-electron chi connectivity index (χ1n) is 9.33. The van der Waals surface area contributed by atoms with Gasteiger partial charge in [-0.3, -0.25) is 14.5 Å². The summed E-state index contributed by atoms with van der Waals surface area (Å²) in [4.78, 5) is 50.0. The molecule has 1 aromatic rings. The number of carboxylic acids is 1. The first kappa shape index (κ1) is 22.2. The number of urea groups is 1. The Morgan fingerprint density at radius 1 is 1.17 bits per heavy atom. The number of anilines is 2. The molecule has 0 fully saturated rings. The normalized spacial score (nSPS) is 17.2. The SMILES string of the molecule is CC[C@@H](C)[C@H](NC(=O)N1CC(=O)Nc2ccccc21)C(=O)N[C@H](C(=O)O)[C@H](C)O. The van der Waals surface area contributed by atoms with Gasteiger partial charge in [0.05, 0.1) is 17.5 Å². The van der Waals surface area contributed by atoms with Gasteiger partial charge in [-0.2, -0.15) is 0 Å². The summed E-state index contributed by atoms with van der Waals surface area (Å²) in [5, 5.41) is 26.3. The van der Waals surface area contributed by atoms with Crippen molar-refractivity contribution in [2.45, 2.75) is 45.4 Å². The molecule has 5 N–H and O–H groups in total. The first-order chi connectivity index (χ1) is 13.6. The van der Waals surface area contributed by atoms with Crippen molar-refractivity contribution < 1.29 is 29.4 Å². The number of hydrogen-bond donors (Lipinski definition) is 5. The molecule has 4 atom stereocenters. The lowest BCUT2D eigenvalue weighted by atomic mass is 9.97. The summed E-state index contributed by atoms with van der Waals surface area (Å²) in [7, 11) is 0. The van der Waals surface area contributed by atoms with Crippen LogP contribution < -0.4 is 20.9 Å². The number of carboxylic acid groups (broad SMARTS) is 1. The van der Waals surface area contributed by atoms with E-state index in [1.54, 1.807) is 31.2 Å². The molecule has 4 amide bonds. The summed E-state index contributed by atoms with van der Waals surface area (Å²) in [5.74, 6) is -2.81. The minimum Gasteiger partial charge on any atom is -0.480 e. The molecule has 1 heterocycles. The van der Waals surface area contributed by atoms with Crippen LogP contribution in [0.2, 0.25) is 0 Å². The van der Waals surface area contributed by atoms with Crippen LogP contribution in [0, 0.1) is 5.92 Å². The second kappa shape index (κ2) is 9.37. The number of carbonyl (C=O) groups excluding carboxylic acids is 3. The average Bonchev–Trinajstić information content (AvgIpc) is 2.67. The number of carbonyl (C=O) groups is 4. The number of amides is 4. The van der Waals surface area contributed by atoms with Crippen molar-refractivity contribution in [2.75, 3.05) is 16.8 Å². The molecule has 0 unspecified atom stereocenters. The maximum atomic E-state index is 12.9. The minimum atomic E-state index is -1.51. The van der Waals surface area contributed by atoms with E-state index in [4.69, 9.17) is 0 Å². The third-order valence-corrected chi connectivity index (χ3v) is 4.84. The summed E-state index contributed by atoms with van der Waals surface area (Å²) >= 11 is 0. The van der Waals surface area contributed by atoms with Gasteiger partial charge in [-0.25, -0.2) is 9.59 Å². The highest BCUT2D eigenvalue weighted by molar-refractivity contribution is 6.10. The summed E-state index contributed by atoms with van der Waals surface area (Å²) in [6, 6.07) is 3.55. The van der Waals surface area contributed by atoms with E-state index >= 15 is 0 Å². The average molecular weight is 406 g/mol. The van der Waals surface area contributed by atoms with Crippen LogP contribution in [0.5, 0.6) is 0 Å². The molecule has 10 nitrogen and oxygen atoms in total. The highest BCUT2D eigenvalue weighted by Crippen LogP contribution is 2.29. The van der Waals surface area contributed by atoms with Gasteiger partial charge in [0, 0.05) is 0 Å². The van der Waals surface area contributed by atoms with Crippen LogP contribution in [0.15, 0.2) is 24.3 Å².